The molecule has 20 heavy (non-hydrogen) atoms. The van der Waals surface area contributed by atoms with Gasteiger partial charge in [0, 0.05) is 0 Å². The fraction of sp³-hybridized carbons (Fsp3) is 0.600. The zero-order valence-corrected chi connectivity index (χ0v) is 10.7. The number of carbonyl (C=O) groups excluding carboxylic acids is 3. The summed E-state index contributed by atoms with van der Waals surface area (Å²) in [4.78, 5) is 34.2. The van der Waals surface area contributed by atoms with Gasteiger partial charge >= 0.3 is 12.1 Å². The summed E-state index contributed by atoms with van der Waals surface area (Å²) in [6.45, 7) is 3.27. The Balaban J connectivity index is 2.83. The standard InChI is InChI=1S/C10H13F3N4O3/c1-3-9(4-2)5(18)14-8(15-6(9)19)17-16-7(20)10(11,12)13/h3-4H2,1-2H3,(H,16,20)(H2,14,15,17,18,19). The molecule has 0 aromatic heterocycles. The molecule has 10 heteroatoms. The van der Waals surface area contributed by atoms with Gasteiger partial charge in [-0.25, -0.2) is 5.43 Å². The highest BCUT2D eigenvalue weighted by Gasteiger charge is 2.47. The lowest BCUT2D eigenvalue weighted by Crippen LogP contribution is -2.63. The van der Waals surface area contributed by atoms with Crippen LogP contribution in [-0.4, -0.2) is 29.9 Å². The fourth-order valence-corrected chi connectivity index (χ4v) is 1.71. The Bertz CT molecular complexity index is 447. The maximum absolute atomic E-state index is 11.9. The number of guanidine groups is 1. The molecule has 0 atom stereocenters. The minimum atomic E-state index is -5.11. The van der Waals surface area contributed by atoms with Gasteiger partial charge in [-0.2, -0.15) is 13.2 Å². The van der Waals surface area contributed by atoms with Gasteiger partial charge in [0.15, 0.2) is 0 Å². The van der Waals surface area contributed by atoms with Crippen molar-refractivity contribution >= 4 is 23.7 Å². The van der Waals surface area contributed by atoms with E-state index in [1.807, 2.05) is 0 Å². The Morgan fingerprint density at radius 3 is 2.00 bits per heavy atom. The summed E-state index contributed by atoms with van der Waals surface area (Å²) in [6.07, 6.45) is -4.66. The van der Waals surface area contributed by atoms with Gasteiger partial charge < -0.3 is 0 Å². The van der Waals surface area contributed by atoms with Crippen LogP contribution >= 0.6 is 0 Å². The molecule has 1 fully saturated rings. The molecule has 0 unspecified atom stereocenters. The van der Waals surface area contributed by atoms with E-state index in [2.05, 4.69) is 15.7 Å². The van der Waals surface area contributed by atoms with Crippen molar-refractivity contribution < 1.29 is 27.6 Å². The summed E-state index contributed by atoms with van der Waals surface area (Å²) >= 11 is 0. The molecule has 0 aromatic rings. The van der Waals surface area contributed by atoms with Crippen LogP contribution in [0, 0.1) is 5.41 Å². The van der Waals surface area contributed by atoms with E-state index < -0.39 is 35.3 Å². The molecule has 1 rings (SSSR count). The van der Waals surface area contributed by atoms with E-state index >= 15 is 0 Å². The monoisotopic (exact) mass is 294 g/mol. The van der Waals surface area contributed by atoms with Crippen LogP contribution in [0.5, 0.6) is 0 Å². The molecule has 112 valence electrons. The lowest BCUT2D eigenvalue weighted by atomic mass is 9.79. The lowest BCUT2D eigenvalue weighted by molar-refractivity contribution is -0.173. The molecule has 7 nitrogen and oxygen atoms in total. The second-order valence-electron chi connectivity index (χ2n) is 4.10. The summed E-state index contributed by atoms with van der Waals surface area (Å²) in [5.74, 6) is -4.20. The maximum Gasteiger partial charge on any atom is 0.473 e. The number of hydrogen-bond donors (Lipinski definition) is 3. The average molecular weight is 294 g/mol. The minimum absolute atomic E-state index is 0.226. The molecule has 0 aliphatic carbocycles. The molecule has 3 amide bonds. The first kappa shape index (κ1) is 15.9. The molecule has 1 aliphatic heterocycles. The maximum atomic E-state index is 11.9. The van der Waals surface area contributed by atoms with E-state index in [1.165, 1.54) is 5.43 Å². The molecule has 3 N–H and O–H groups in total. The first-order chi connectivity index (χ1) is 9.17. The van der Waals surface area contributed by atoms with Crippen LogP contribution in [0.4, 0.5) is 13.2 Å². The van der Waals surface area contributed by atoms with E-state index in [1.54, 1.807) is 13.8 Å². The number of rotatable bonds is 3. The SMILES string of the molecule is CCC1(CC)C(=O)NC(=NNC(=O)C(F)(F)F)NC1=O. The number of nitrogens with one attached hydrogen (secondary N) is 3. The van der Waals surface area contributed by atoms with Gasteiger partial charge in [-0.3, -0.25) is 25.0 Å². The molecule has 0 bridgehead atoms. The predicted molar refractivity (Wildman–Crippen MR) is 60.9 cm³/mol. The minimum Gasteiger partial charge on any atom is -0.294 e. The summed E-state index contributed by atoms with van der Waals surface area (Å²) in [7, 11) is 0. The third kappa shape index (κ3) is 2.89. The first-order valence-corrected chi connectivity index (χ1v) is 5.75. The molecule has 0 radical (unpaired) electrons. The summed E-state index contributed by atoms with van der Waals surface area (Å²) < 4.78 is 35.8. The number of hydrazone groups is 1. The topological polar surface area (TPSA) is 99.7 Å². The molecule has 1 heterocycles. The van der Waals surface area contributed by atoms with Crippen molar-refractivity contribution in [3.8, 4) is 0 Å². The quantitative estimate of drug-likeness (QED) is 0.504. The van der Waals surface area contributed by atoms with Crippen molar-refractivity contribution in [1.29, 1.82) is 0 Å². The van der Waals surface area contributed by atoms with Gasteiger partial charge in [-0.15, -0.1) is 5.10 Å². The normalized spacial score (nSPS) is 18.1. The van der Waals surface area contributed by atoms with Crippen molar-refractivity contribution in [3.05, 3.63) is 0 Å². The van der Waals surface area contributed by atoms with Gasteiger partial charge in [0.05, 0.1) is 0 Å². The zero-order chi connectivity index (χ0) is 15.6. The molecular formula is C10H13F3N4O3. The molecule has 1 aliphatic rings. The van der Waals surface area contributed by atoms with Crippen LogP contribution < -0.4 is 16.1 Å². The predicted octanol–water partition coefficient (Wildman–Crippen LogP) is -0.0117. The fourth-order valence-electron chi connectivity index (χ4n) is 1.71. The highest BCUT2D eigenvalue weighted by Crippen LogP contribution is 2.28. The summed E-state index contributed by atoms with van der Waals surface area (Å²) in [5, 5.41) is 7.30. The highest BCUT2D eigenvalue weighted by molar-refractivity contribution is 6.20. The number of halogens is 3. The molecule has 0 aromatic carbocycles. The Hall–Kier alpha value is -2.13. The number of amides is 3. The Kier molecular flexibility index (Phi) is 4.36. The van der Waals surface area contributed by atoms with Crippen LogP contribution in [0.25, 0.3) is 0 Å². The van der Waals surface area contributed by atoms with E-state index in [0.717, 1.165) is 0 Å². The number of alkyl halides is 3. The van der Waals surface area contributed by atoms with Gasteiger partial charge in [0.1, 0.15) is 5.41 Å². The molecular weight excluding hydrogens is 281 g/mol. The van der Waals surface area contributed by atoms with Crippen molar-refractivity contribution in [2.75, 3.05) is 0 Å². The Morgan fingerprint density at radius 2 is 1.65 bits per heavy atom. The third-order valence-electron chi connectivity index (χ3n) is 3.07. The number of hydrogen-bond acceptors (Lipinski definition) is 4. The Morgan fingerprint density at radius 1 is 1.20 bits per heavy atom. The van der Waals surface area contributed by atoms with Crippen LogP contribution in [-0.2, 0) is 14.4 Å². The van der Waals surface area contributed by atoms with Gasteiger partial charge in [-0.1, -0.05) is 13.8 Å². The van der Waals surface area contributed by atoms with E-state index in [4.69, 9.17) is 0 Å². The van der Waals surface area contributed by atoms with Crippen LogP contribution in [0.1, 0.15) is 26.7 Å². The summed E-state index contributed by atoms with van der Waals surface area (Å²) in [6, 6.07) is 0. The smallest absolute Gasteiger partial charge is 0.294 e. The van der Waals surface area contributed by atoms with Crippen molar-refractivity contribution in [2.24, 2.45) is 10.5 Å². The third-order valence-corrected chi connectivity index (χ3v) is 3.07. The largest absolute Gasteiger partial charge is 0.473 e. The second-order valence-corrected chi connectivity index (χ2v) is 4.10. The van der Waals surface area contributed by atoms with E-state index in [-0.39, 0.29) is 12.8 Å². The van der Waals surface area contributed by atoms with Gasteiger partial charge in [0.25, 0.3) is 0 Å². The average Bonchev–Trinajstić information content (AvgIpc) is 2.35. The highest BCUT2D eigenvalue weighted by atomic mass is 19.4. The molecule has 1 saturated heterocycles. The van der Waals surface area contributed by atoms with Crippen LogP contribution in [0.15, 0.2) is 5.10 Å². The van der Waals surface area contributed by atoms with E-state index in [9.17, 15) is 27.6 Å². The number of nitrogens with zero attached hydrogens (tertiary/aromatic N) is 1. The van der Waals surface area contributed by atoms with Crippen molar-refractivity contribution in [2.45, 2.75) is 32.9 Å². The first-order valence-electron chi connectivity index (χ1n) is 5.75. The second kappa shape index (κ2) is 5.47. The van der Waals surface area contributed by atoms with E-state index in [0.29, 0.717) is 0 Å². The van der Waals surface area contributed by atoms with Gasteiger partial charge in [-0.05, 0) is 12.8 Å². The van der Waals surface area contributed by atoms with Gasteiger partial charge in [0.2, 0.25) is 17.8 Å². The number of carbonyl (C=O) groups is 3. The molecule has 0 spiro atoms. The Labute approximate surface area is 112 Å². The van der Waals surface area contributed by atoms with Crippen molar-refractivity contribution in [1.82, 2.24) is 16.1 Å². The molecule has 0 saturated carbocycles. The van der Waals surface area contributed by atoms with Crippen molar-refractivity contribution in [3.63, 3.8) is 0 Å². The van der Waals surface area contributed by atoms with Crippen LogP contribution in [0.3, 0.4) is 0 Å². The lowest BCUT2D eigenvalue weighted by Gasteiger charge is -2.33. The van der Waals surface area contributed by atoms with Crippen LogP contribution in [0.2, 0.25) is 0 Å². The zero-order valence-electron chi connectivity index (χ0n) is 10.7. The summed E-state index contributed by atoms with van der Waals surface area (Å²) in [5.41, 5.74) is -0.0933.